The molecule has 16 heavy (non-hydrogen) atoms. The Bertz CT molecular complexity index is 348. The quantitative estimate of drug-likeness (QED) is 0.314. The number of hydrogen-bond donors (Lipinski definition) is 0. The van der Waals surface area contributed by atoms with Crippen LogP contribution in [-0.4, -0.2) is 6.61 Å². The van der Waals surface area contributed by atoms with Crippen LogP contribution in [0.15, 0.2) is 48.7 Å². The summed E-state index contributed by atoms with van der Waals surface area (Å²) in [5, 5.41) is 0. The maximum Gasteiger partial charge on any atom is 0.123 e. The predicted molar refractivity (Wildman–Crippen MR) is 64.8 cm³/mol. The van der Waals surface area contributed by atoms with Gasteiger partial charge in [0.1, 0.15) is 5.60 Å². The van der Waals surface area contributed by atoms with Gasteiger partial charge in [-0.1, -0.05) is 36.9 Å². The second kappa shape index (κ2) is 6.29. The first-order chi connectivity index (χ1) is 7.67. The monoisotopic (exact) mass is 218 g/mol. The van der Waals surface area contributed by atoms with E-state index >= 15 is 0 Å². The van der Waals surface area contributed by atoms with Crippen LogP contribution in [0.3, 0.4) is 0 Å². The van der Waals surface area contributed by atoms with E-state index in [1.807, 2.05) is 50.3 Å². The first kappa shape index (κ1) is 12.7. The minimum Gasteiger partial charge on any atom is -0.235 e. The van der Waals surface area contributed by atoms with Crippen molar-refractivity contribution in [2.24, 2.45) is 0 Å². The lowest BCUT2D eigenvalue weighted by atomic mass is 9.99. The maximum atomic E-state index is 5.39. The molecule has 0 amide bonds. The molecule has 0 atom stereocenters. The lowest BCUT2D eigenvalue weighted by Gasteiger charge is -2.23. The highest BCUT2D eigenvalue weighted by Gasteiger charge is 2.22. The van der Waals surface area contributed by atoms with Crippen molar-refractivity contribution in [3.8, 4) is 0 Å². The third-order valence-corrected chi connectivity index (χ3v) is 2.23. The summed E-state index contributed by atoms with van der Waals surface area (Å²) in [4.78, 5) is 10.5. The standard InChI is InChI=1S/C14H18O2/c1-4-5-9-12-15-16-14(2,3)13-10-7-6-8-11-13/h5-8,10-11H,1,9,12H2,2-3H3. The topological polar surface area (TPSA) is 18.5 Å². The van der Waals surface area contributed by atoms with Crippen molar-refractivity contribution in [2.45, 2.75) is 25.9 Å². The van der Waals surface area contributed by atoms with E-state index in [9.17, 15) is 0 Å². The van der Waals surface area contributed by atoms with E-state index in [2.05, 4.69) is 12.3 Å². The van der Waals surface area contributed by atoms with Crippen LogP contribution < -0.4 is 0 Å². The molecule has 2 nitrogen and oxygen atoms in total. The summed E-state index contributed by atoms with van der Waals surface area (Å²) in [5.74, 6) is 0. The van der Waals surface area contributed by atoms with E-state index in [1.54, 1.807) is 0 Å². The molecule has 0 aliphatic carbocycles. The van der Waals surface area contributed by atoms with E-state index in [1.165, 1.54) is 0 Å². The van der Waals surface area contributed by atoms with Gasteiger partial charge in [0.05, 0.1) is 6.61 Å². The van der Waals surface area contributed by atoms with E-state index in [0.29, 0.717) is 6.61 Å². The maximum absolute atomic E-state index is 5.39. The summed E-state index contributed by atoms with van der Waals surface area (Å²) < 4.78 is 0. The van der Waals surface area contributed by atoms with Gasteiger partial charge in [0, 0.05) is 0 Å². The fraction of sp³-hybridized carbons (Fsp3) is 0.357. The fourth-order valence-electron chi connectivity index (χ4n) is 1.29. The number of benzene rings is 1. The van der Waals surface area contributed by atoms with Gasteiger partial charge in [-0.3, -0.25) is 0 Å². The summed E-state index contributed by atoms with van der Waals surface area (Å²) in [7, 11) is 0. The second-order valence-corrected chi connectivity index (χ2v) is 3.98. The van der Waals surface area contributed by atoms with Crippen molar-refractivity contribution < 1.29 is 9.78 Å². The first-order valence-corrected chi connectivity index (χ1v) is 5.37. The van der Waals surface area contributed by atoms with Crippen molar-refractivity contribution in [1.82, 2.24) is 0 Å². The lowest BCUT2D eigenvalue weighted by Crippen LogP contribution is -2.22. The Labute approximate surface area is 97.1 Å². The van der Waals surface area contributed by atoms with Crippen LogP contribution in [0.5, 0.6) is 0 Å². The molecule has 0 bridgehead atoms. The van der Waals surface area contributed by atoms with Crippen molar-refractivity contribution in [2.75, 3.05) is 6.61 Å². The van der Waals surface area contributed by atoms with Gasteiger partial charge in [-0.15, -0.1) is 5.73 Å². The third-order valence-electron chi connectivity index (χ3n) is 2.23. The summed E-state index contributed by atoms with van der Waals surface area (Å²) in [6.07, 6.45) is 2.58. The average molecular weight is 218 g/mol. The Balaban J connectivity index is 2.43. The van der Waals surface area contributed by atoms with E-state index in [4.69, 9.17) is 9.78 Å². The smallest absolute Gasteiger partial charge is 0.123 e. The molecule has 86 valence electrons. The molecule has 0 N–H and O–H groups in total. The Morgan fingerprint density at radius 1 is 1.31 bits per heavy atom. The van der Waals surface area contributed by atoms with E-state index in [-0.39, 0.29) is 0 Å². The molecule has 0 aliphatic rings. The van der Waals surface area contributed by atoms with Crippen LogP contribution >= 0.6 is 0 Å². The Morgan fingerprint density at radius 3 is 2.62 bits per heavy atom. The van der Waals surface area contributed by atoms with Crippen LogP contribution in [0.4, 0.5) is 0 Å². The zero-order valence-electron chi connectivity index (χ0n) is 9.90. The molecule has 0 spiro atoms. The number of rotatable bonds is 6. The highest BCUT2D eigenvalue weighted by molar-refractivity contribution is 5.20. The average Bonchev–Trinajstić information content (AvgIpc) is 2.30. The predicted octanol–water partition coefficient (Wildman–Crippen LogP) is 3.60. The molecule has 0 heterocycles. The minimum absolute atomic E-state index is 0.431. The second-order valence-electron chi connectivity index (χ2n) is 3.98. The van der Waals surface area contributed by atoms with Gasteiger partial charge >= 0.3 is 0 Å². The van der Waals surface area contributed by atoms with Crippen LogP contribution in [0, 0.1) is 0 Å². The van der Waals surface area contributed by atoms with Crippen molar-refractivity contribution in [1.29, 1.82) is 0 Å². The molecule has 1 rings (SSSR count). The molecular formula is C14H18O2. The summed E-state index contributed by atoms with van der Waals surface area (Å²) in [6.45, 7) is 7.95. The molecular weight excluding hydrogens is 200 g/mol. The van der Waals surface area contributed by atoms with Gasteiger partial charge in [-0.2, -0.15) is 0 Å². The Kier molecular flexibility index (Phi) is 5.00. The highest BCUT2D eigenvalue weighted by Crippen LogP contribution is 2.24. The largest absolute Gasteiger partial charge is 0.235 e. The highest BCUT2D eigenvalue weighted by atomic mass is 17.2. The fourth-order valence-corrected chi connectivity index (χ4v) is 1.29. The van der Waals surface area contributed by atoms with Gasteiger partial charge in [-0.25, -0.2) is 9.78 Å². The van der Waals surface area contributed by atoms with Gasteiger partial charge in [0.25, 0.3) is 0 Å². The Morgan fingerprint density at radius 2 is 2.00 bits per heavy atom. The first-order valence-electron chi connectivity index (χ1n) is 5.37. The zero-order valence-corrected chi connectivity index (χ0v) is 9.90. The summed E-state index contributed by atoms with van der Waals surface area (Å²) >= 11 is 0. The van der Waals surface area contributed by atoms with Gasteiger partial charge in [-0.05, 0) is 31.9 Å². The summed E-state index contributed by atoms with van der Waals surface area (Å²) in [6, 6.07) is 10.00. The molecule has 0 radical (unpaired) electrons. The molecule has 0 aliphatic heterocycles. The van der Waals surface area contributed by atoms with Crippen molar-refractivity contribution in [3.05, 3.63) is 54.3 Å². The lowest BCUT2D eigenvalue weighted by molar-refractivity contribution is -0.357. The molecule has 0 saturated heterocycles. The van der Waals surface area contributed by atoms with Crippen LogP contribution in [0.1, 0.15) is 25.8 Å². The van der Waals surface area contributed by atoms with Crippen molar-refractivity contribution in [3.63, 3.8) is 0 Å². The van der Waals surface area contributed by atoms with Crippen molar-refractivity contribution >= 4 is 0 Å². The zero-order chi connectivity index (χ0) is 11.9. The normalized spacial score (nSPS) is 10.9. The molecule has 0 unspecified atom stereocenters. The summed E-state index contributed by atoms with van der Waals surface area (Å²) in [5.41, 5.74) is 3.35. The molecule has 0 saturated carbocycles. The number of hydrogen-bond acceptors (Lipinski definition) is 2. The van der Waals surface area contributed by atoms with E-state index < -0.39 is 5.60 Å². The minimum atomic E-state index is -0.431. The molecule has 0 fully saturated rings. The van der Waals surface area contributed by atoms with Crippen LogP contribution in [0.2, 0.25) is 0 Å². The van der Waals surface area contributed by atoms with Gasteiger partial charge in [0.15, 0.2) is 0 Å². The SMILES string of the molecule is C=C=CCCOOC(C)(C)c1ccccc1. The van der Waals surface area contributed by atoms with Crippen LogP contribution in [-0.2, 0) is 15.4 Å². The van der Waals surface area contributed by atoms with Gasteiger partial charge in [0.2, 0.25) is 0 Å². The third kappa shape index (κ3) is 4.03. The van der Waals surface area contributed by atoms with Crippen LogP contribution in [0.25, 0.3) is 0 Å². The molecule has 1 aromatic carbocycles. The molecule has 1 aromatic rings. The molecule has 0 aromatic heterocycles. The molecule has 2 heteroatoms. The van der Waals surface area contributed by atoms with Gasteiger partial charge < -0.3 is 0 Å². The Hall–Kier alpha value is -1.34. The van der Waals surface area contributed by atoms with E-state index in [0.717, 1.165) is 12.0 Å².